The third-order valence-corrected chi connectivity index (χ3v) is 2.48. The number of amides is 1. The number of nitrogens with one attached hydrogen (secondary N) is 2. The van der Waals surface area contributed by atoms with E-state index >= 15 is 0 Å². The number of likely N-dealkylation sites (N-methyl/N-ethyl adjacent to an activating group) is 2. The van der Waals surface area contributed by atoms with Crippen LogP contribution >= 0.6 is 0 Å². The molecule has 0 radical (unpaired) electrons. The van der Waals surface area contributed by atoms with Gasteiger partial charge in [0.1, 0.15) is 0 Å². The van der Waals surface area contributed by atoms with Crippen molar-refractivity contribution in [1.29, 1.82) is 0 Å². The fourth-order valence-electron chi connectivity index (χ4n) is 1.85. The van der Waals surface area contributed by atoms with Gasteiger partial charge >= 0.3 is 0 Å². The first-order valence-electron chi connectivity index (χ1n) is 5.41. The smallest absolute Gasteiger partial charge is 0.234 e. The summed E-state index contributed by atoms with van der Waals surface area (Å²) in [5.41, 5.74) is 0. The summed E-state index contributed by atoms with van der Waals surface area (Å²) in [4.78, 5) is 13.3. The summed E-state index contributed by atoms with van der Waals surface area (Å²) < 4.78 is 0. The second-order valence-electron chi connectivity index (χ2n) is 3.94. The second-order valence-corrected chi connectivity index (χ2v) is 3.94. The molecule has 0 aromatic carbocycles. The van der Waals surface area contributed by atoms with Crippen LogP contribution in [0.5, 0.6) is 0 Å². The predicted molar refractivity (Wildman–Crippen MR) is 57.2 cm³/mol. The van der Waals surface area contributed by atoms with Gasteiger partial charge in [0.2, 0.25) is 5.91 Å². The molecular weight excluding hydrogens is 178 g/mol. The van der Waals surface area contributed by atoms with E-state index in [1.807, 2.05) is 14.0 Å². The molecule has 4 nitrogen and oxygen atoms in total. The van der Waals surface area contributed by atoms with Crippen LogP contribution in [0.4, 0.5) is 0 Å². The molecule has 1 aliphatic heterocycles. The third kappa shape index (κ3) is 4.07. The van der Waals surface area contributed by atoms with Crippen molar-refractivity contribution in [2.75, 3.05) is 33.2 Å². The second kappa shape index (κ2) is 5.98. The number of hydrogen-bond acceptors (Lipinski definition) is 3. The molecule has 1 atom stereocenters. The van der Waals surface area contributed by atoms with Crippen molar-refractivity contribution in [3.63, 3.8) is 0 Å². The Labute approximate surface area is 86.0 Å². The van der Waals surface area contributed by atoms with Gasteiger partial charge < -0.3 is 10.6 Å². The maximum Gasteiger partial charge on any atom is 0.234 e. The van der Waals surface area contributed by atoms with Gasteiger partial charge in [-0.1, -0.05) is 0 Å². The molecule has 0 aliphatic carbocycles. The van der Waals surface area contributed by atoms with Gasteiger partial charge in [-0.2, -0.15) is 0 Å². The van der Waals surface area contributed by atoms with Crippen LogP contribution in [0.15, 0.2) is 0 Å². The van der Waals surface area contributed by atoms with E-state index in [4.69, 9.17) is 0 Å². The molecule has 0 saturated carbocycles. The zero-order chi connectivity index (χ0) is 10.4. The largest absolute Gasteiger partial charge is 0.355 e. The summed E-state index contributed by atoms with van der Waals surface area (Å²) in [6, 6.07) is 0.578. The van der Waals surface area contributed by atoms with Crippen molar-refractivity contribution in [3.05, 3.63) is 0 Å². The maximum absolute atomic E-state index is 11.3. The first-order chi connectivity index (χ1) is 6.72. The van der Waals surface area contributed by atoms with Crippen LogP contribution in [0, 0.1) is 0 Å². The Hall–Kier alpha value is -0.610. The third-order valence-electron chi connectivity index (χ3n) is 2.48. The molecule has 0 aromatic rings. The molecule has 1 heterocycles. The van der Waals surface area contributed by atoms with Crippen LogP contribution in [0.3, 0.4) is 0 Å². The number of carbonyl (C=O) groups excluding carboxylic acids is 1. The fourth-order valence-corrected chi connectivity index (χ4v) is 1.85. The molecule has 1 aliphatic rings. The highest BCUT2D eigenvalue weighted by Crippen LogP contribution is 2.05. The van der Waals surface area contributed by atoms with Crippen LogP contribution in [-0.2, 0) is 4.79 Å². The van der Waals surface area contributed by atoms with Crippen LogP contribution in [-0.4, -0.2) is 50.1 Å². The average Bonchev–Trinajstić information content (AvgIpc) is 2.56. The minimum atomic E-state index is 0.119. The van der Waals surface area contributed by atoms with E-state index < -0.39 is 0 Å². The Morgan fingerprint density at radius 2 is 2.43 bits per heavy atom. The highest BCUT2D eigenvalue weighted by atomic mass is 16.1. The van der Waals surface area contributed by atoms with Gasteiger partial charge in [-0.25, -0.2) is 0 Å². The molecule has 1 rings (SSSR count). The normalized spacial score (nSPS) is 21.5. The highest BCUT2D eigenvalue weighted by Gasteiger charge is 2.16. The highest BCUT2D eigenvalue weighted by molar-refractivity contribution is 5.77. The van der Waals surface area contributed by atoms with Crippen molar-refractivity contribution < 1.29 is 4.79 Å². The first kappa shape index (κ1) is 11.5. The monoisotopic (exact) mass is 199 g/mol. The molecule has 2 N–H and O–H groups in total. The summed E-state index contributed by atoms with van der Waals surface area (Å²) in [6.45, 7) is 5.26. The van der Waals surface area contributed by atoms with E-state index in [9.17, 15) is 4.79 Å². The molecule has 1 saturated heterocycles. The number of carbonyl (C=O) groups is 1. The zero-order valence-corrected chi connectivity index (χ0v) is 9.18. The molecular formula is C10H21N3O. The van der Waals surface area contributed by atoms with E-state index in [-0.39, 0.29) is 5.91 Å². The van der Waals surface area contributed by atoms with Crippen LogP contribution in [0.2, 0.25) is 0 Å². The lowest BCUT2D eigenvalue weighted by Gasteiger charge is -2.20. The Balaban J connectivity index is 2.14. The van der Waals surface area contributed by atoms with Gasteiger partial charge in [0.15, 0.2) is 0 Å². The summed E-state index contributed by atoms with van der Waals surface area (Å²) in [6.07, 6.45) is 2.50. The topological polar surface area (TPSA) is 44.4 Å². The van der Waals surface area contributed by atoms with Crippen LogP contribution in [0.25, 0.3) is 0 Å². The van der Waals surface area contributed by atoms with Crippen molar-refractivity contribution in [3.8, 4) is 0 Å². The van der Waals surface area contributed by atoms with Crippen molar-refractivity contribution >= 4 is 5.91 Å². The minimum absolute atomic E-state index is 0.119. The Bertz CT molecular complexity index is 178. The molecule has 0 spiro atoms. The van der Waals surface area contributed by atoms with E-state index in [1.165, 1.54) is 12.8 Å². The standard InChI is InChI=1S/C10H21N3O/c1-3-11-10(14)8-13(2)7-9-5-4-6-12-9/h9,12H,3-8H2,1-2H3,(H,11,14). The molecule has 1 fully saturated rings. The van der Waals surface area contributed by atoms with E-state index in [2.05, 4.69) is 15.5 Å². The summed E-state index contributed by atoms with van der Waals surface area (Å²) >= 11 is 0. The SMILES string of the molecule is CCNC(=O)CN(C)CC1CCCN1. The van der Waals surface area contributed by atoms with Crippen molar-refractivity contribution in [2.45, 2.75) is 25.8 Å². The molecule has 4 heteroatoms. The van der Waals surface area contributed by atoms with Gasteiger partial charge in [-0.3, -0.25) is 9.69 Å². The molecule has 0 aromatic heterocycles. The summed E-state index contributed by atoms with van der Waals surface area (Å²) in [5.74, 6) is 0.119. The molecule has 82 valence electrons. The lowest BCUT2D eigenvalue weighted by Crippen LogP contribution is -2.41. The quantitative estimate of drug-likeness (QED) is 0.645. The summed E-state index contributed by atoms with van der Waals surface area (Å²) in [7, 11) is 2.00. The minimum Gasteiger partial charge on any atom is -0.355 e. The number of rotatable bonds is 5. The van der Waals surface area contributed by atoms with Gasteiger partial charge in [0.25, 0.3) is 0 Å². The summed E-state index contributed by atoms with van der Waals surface area (Å²) in [5, 5.41) is 6.22. The molecule has 14 heavy (non-hydrogen) atoms. The lowest BCUT2D eigenvalue weighted by molar-refractivity contribution is -0.121. The molecule has 1 amide bonds. The van der Waals surface area contributed by atoms with Gasteiger partial charge in [0.05, 0.1) is 6.54 Å². The lowest BCUT2D eigenvalue weighted by atomic mass is 10.2. The van der Waals surface area contributed by atoms with Gasteiger partial charge in [-0.15, -0.1) is 0 Å². The number of nitrogens with zero attached hydrogens (tertiary/aromatic N) is 1. The molecule has 1 unspecified atom stereocenters. The first-order valence-corrected chi connectivity index (χ1v) is 5.41. The van der Waals surface area contributed by atoms with Gasteiger partial charge in [0, 0.05) is 19.1 Å². The fraction of sp³-hybridized carbons (Fsp3) is 0.900. The van der Waals surface area contributed by atoms with Gasteiger partial charge in [-0.05, 0) is 33.4 Å². The van der Waals surface area contributed by atoms with Crippen LogP contribution < -0.4 is 10.6 Å². The Morgan fingerprint density at radius 1 is 1.64 bits per heavy atom. The van der Waals surface area contributed by atoms with Crippen LogP contribution in [0.1, 0.15) is 19.8 Å². The Kier molecular flexibility index (Phi) is 4.90. The maximum atomic E-state index is 11.3. The Morgan fingerprint density at radius 3 is 3.00 bits per heavy atom. The average molecular weight is 199 g/mol. The van der Waals surface area contributed by atoms with E-state index in [1.54, 1.807) is 0 Å². The van der Waals surface area contributed by atoms with E-state index in [0.717, 1.165) is 13.1 Å². The van der Waals surface area contributed by atoms with Crippen molar-refractivity contribution in [2.24, 2.45) is 0 Å². The zero-order valence-electron chi connectivity index (χ0n) is 9.18. The molecule has 0 bridgehead atoms. The van der Waals surface area contributed by atoms with Crippen molar-refractivity contribution in [1.82, 2.24) is 15.5 Å². The van der Waals surface area contributed by atoms with E-state index in [0.29, 0.717) is 19.1 Å². The number of hydrogen-bond donors (Lipinski definition) is 2. The predicted octanol–water partition coefficient (Wildman–Crippen LogP) is -0.194.